The number of allylic oxidation sites excluding steroid dienone is 4. The number of fused-ring (bicyclic) bond motifs is 1. The lowest BCUT2D eigenvalue weighted by Crippen LogP contribution is -2.22. The molecule has 0 aliphatic carbocycles. The molecule has 1 aliphatic heterocycles. The number of hydrogen-bond acceptors (Lipinski definition) is 6. The number of carbonyl (C=O) groups is 1. The lowest BCUT2D eigenvalue weighted by Gasteiger charge is -2.29. The van der Waals surface area contributed by atoms with E-state index in [0.717, 1.165) is 11.1 Å². The number of aromatic hydroxyl groups is 4. The molecular weight excluding hydrogens is 396 g/mol. The summed E-state index contributed by atoms with van der Waals surface area (Å²) >= 11 is 0. The molecule has 2 aromatic carbocycles. The molecule has 4 N–H and O–H groups in total. The van der Waals surface area contributed by atoms with Crippen LogP contribution in [0.25, 0.3) is 0 Å². The third-order valence-electron chi connectivity index (χ3n) is 5.31. The van der Waals surface area contributed by atoms with E-state index in [2.05, 4.69) is 0 Å². The number of phenols is 4. The minimum atomic E-state index is -0.723. The van der Waals surface area contributed by atoms with E-state index in [9.17, 15) is 25.2 Å². The Kier molecular flexibility index (Phi) is 6.29. The predicted molar refractivity (Wildman–Crippen MR) is 118 cm³/mol. The summed E-state index contributed by atoms with van der Waals surface area (Å²) in [7, 11) is 0. The first-order chi connectivity index (χ1) is 14.6. The molecule has 0 spiro atoms. The van der Waals surface area contributed by atoms with E-state index in [4.69, 9.17) is 4.74 Å². The maximum absolute atomic E-state index is 13.1. The molecule has 0 fully saturated rings. The average molecular weight is 424 g/mol. The maximum Gasteiger partial charge on any atom is 0.174 e. The Balaban J connectivity index is 2.16. The molecule has 164 valence electrons. The molecule has 6 heteroatoms. The Hall–Kier alpha value is -3.41. The Morgan fingerprint density at radius 1 is 0.935 bits per heavy atom. The molecule has 0 saturated carbocycles. The summed E-state index contributed by atoms with van der Waals surface area (Å²) in [4.78, 5) is 13.1. The highest BCUT2D eigenvalue weighted by molar-refractivity contribution is 6.04. The summed E-state index contributed by atoms with van der Waals surface area (Å²) in [6.07, 6.45) is 3.65. The molecule has 0 aromatic heterocycles. The SMILES string of the molecule is CC(C)=CCc1c(O)c(CC=C(C)C)c2c(c1O)C(=O)C[C@@H](c1ccc(O)c(O)c1)O2. The fourth-order valence-corrected chi connectivity index (χ4v) is 3.58. The van der Waals surface area contributed by atoms with Gasteiger partial charge in [0.1, 0.15) is 28.9 Å². The number of hydrogen-bond donors (Lipinski definition) is 4. The zero-order chi connectivity index (χ0) is 22.9. The summed E-state index contributed by atoms with van der Waals surface area (Å²) in [5, 5.41) is 41.3. The van der Waals surface area contributed by atoms with Crippen molar-refractivity contribution in [2.45, 2.75) is 53.1 Å². The average Bonchev–Trinajstić information content (AvgIpc) is 2.68. The van der Waals surface area contributed by atoms with Gasteiger partial charge in [0.25, 0.3) is 0 Å². The van der Waals surface area contributed by atoms with Crippen molar-refractivity contribution in [2.75, 3.05) is 0 Å². The van der Waals surface area contributed by atoms with Gasteiger partial charge in [-0.25, -0.2) is 0 Å². The van der Waals surface area contributed by atoms with Gasteiger partial charge in [-0.3, -0.25) is 4.79 Å². The van der Waals surface area contributed by atoms with Gasteiger partial charge in [0.2, 0.25) is 0 Å². The van der Waals surface area contributed by atoms with Crippen LogP contribution in [0.4, 0.5) is 0 Å². The van der Waals surface area contributed by atoms with Crippen molar-refractivity contribution in [1.82, 2.24) is 0 Å². The molecule has 1 aliphatic rings. The molecule has 3 rings (SSSR count). The highest BCUT2D eigenvalue weighted by Gasteiger charge is 2.35. The van der Waals surface area contributed by atoms with Crippen LogP contribution in [0.3, 0.4) is 0 Å². The van der Waals surface area contributed by atoms with E-state index in [1.807, 2.05) is 39.8 Å². The van der Waals surface area contributed by atoms with Gasteiger partial charge in [-0.1, -0.05) is 29.4 Å². The van der Waals surface area contributed by atoms with E-state index in [-0.39, 0.29) is 52.9 Å². The highest BCUT2D eigenvalue weighted by Crippen LogP contribution is 2.49. The first-order valence-electron chi connectivity index (χ1n) is 10.2. The summed E-state index contributed by atoms with van der Waals surface area (Å²) in [5.41, 5.74) is 3.38. The van der Waals surface area contributed by atoms with Crippen molar-refractivity contribution >= 4 is 5.78 Å². The van der Waals surface area contributed by atoms with Crippen LogP contribution in [-0.2, 0) is 12.8 Å². The third kappa shape index (κ3) is 4.53. The van der Waals surface area contributed by atoms with Gasteiger partial charge in [-0.05, 0) is 58.2 Å². The molecule has 1 atom stereocenters. The van der Waals surface area contributed by atoms with Crippen LogP contribution in [-0.4, -0.2) is 26.2 Å². The quantitative estimate of drug-likeness (QED) is 0.387. The lowest BCUT2D eigenvalue weighted by molar-refractivity contribution is 0.0841. The number of ether oxygens (including phenoxy) is 1. The number of carbonyl (C=O) groups excluding carboxylic acids is 1. The van der Waals surface area contributed by atoms with E-state index in [1.165, 1.54) is 12.1 Å². The molecule has 0 unspecified atom stereocenters. The van der Waals surface area contributed by atoms with Gasteiger partial charge < -0.3 is 25.2 Å². The number of ketones is 1. The van der Waals surface area contributed by atoms with Crippen molar-refractivity contribution in [3.05, 3.63) is 63.8 Å². The van der Waals surface area contributed by atoms with Crippen molar-refractivity contribution in [1.29, 1.82) is 0 Å². The fourth-order valence-electron chi connectivity index (χ4n) is 3.58. The smallest absolute Gasteiger partial charge is 0.174 e. The number of phenolic OH excluding ortho intramolecular Hbond substituents is 4. The lowest BCUT2D eigenvalue weighted by atomic mass is 9.89. The fraction of sp³-hybridized carbons (Fsp3) is 0.320. The summed E-state index contributed by atoms with van der Waals surface area (Å²) < 4.78 is 6.11. The van der Waals surface area contributed by atoms with Crippen LogP contribution in [0.2, 0.25) is 0 Å². The van der Waals surface area contributed by atoms with E-state index < -0.39 is 6.10 Å². The van der Waals surface area contributed by atoms with Gasteiger partial charge in [-0.2, -0.15) is 0 Å². The van der Waals surface area contributed by atoms with Gasteiger partial charge in [0, 0.05) is 11.1 Å². The minimum absolute atomic E-state index is 0.0419. The second kappa shape index (κ2) is 8.76. The molecule has 0 bridgehead atoms. The molecule has 0 amide bonds. The molecule has 31 heavy (non-hydrogen) atoms. The Morgan fingerprint density at radius 3 is 2.13 bits per heavy atom. The topological polar surface area (TPSA) is 107 Å². The Morgan fingerprint density at radius 2 is 1.55 bits per heavy atom. The van der Waals surface area contributed by atoms with Gasteiger partial charge in [0.05, 0.1) is 6.42 Å². The molecular formula is C25H28O6. The first kappa shape index (κ1) is 22.3. The highest BCUT2D eigenvalue weighted by atomic mass is 16.5. The molecule has 6 nitrogen and oxygen atoms in total. The van der Waals surface area contributed by atoms with Crippen LogP contribution < -0.4 is 4.74 Å². The van der Waals surface area contributed by atoms with Crippen LogP contribution in [0.1, 0.15) is 67.3 Å². The van der Waals surface area contributed by atoms with Crippen LogP contribution in [0.15, 0.2) is 41.5 Å². The number of benzene rings is 2. The summed E-state index contributed by atoms with van der Waals surface area (Å²) in [6, 6.07) is 4.24. The van der Waals surface area contributed by atoms with Gasteiger partial charge in [0.15, 0.2) is 17.3 Å². The van der Waals surface area contributed by atoms with E-state index >= 15 is 0 Å². The molecule has 0 radical (unpaired) electrons. The van der Waals surface area contributed by atoms with Crippen molar-refractivity contribution in [3.8, 4) is 28.7 Å². The van der Waals surface area contributed by atoms with Crippen LogP contribution in [0.5, 0.6) is 28.7 Å². The normalized spacial score (nSPS) is 15.1. The third-order valence-corrected chi connectivity index (χ3v) is 5.31. The predicted octanol–water partition coefficient (Wildman–Crippen LogP) is 5.23. The van der Waals surface area contributed by atoms with Crippen molar-refractivity contribution in [3.63, 3.8) is 0 Å². The van der Waals surface area contributed by atoms with Gasteiger partial charge >= 0.3 is 0 Å². The monoisotopic (exact) mass is 424 g/mol. The summed E-state index contributed by atoms with van der Waals surface area (Å²) in [6.45, 7) is 7.70. The second-order valence-electron chi connectivity index (χ2n) is 8.31. The Labute approximate surface area is 181 Å². The maximum atomic E-state index is 13.1. The zero-order valence-corrected chi connectivity index (χ0v) is 18.2. The first-order valence-corrected chi connectivity index (χ1v) is 10.2. The Bertz CT molecular complexity index is 1090. The van der Waals surface area contributed by atoms with Crippen molar-refractivity contribution < 1.29 is 30.0 Å². The standard InChI is InChI=1S/C25H28O6/c1-13(2)5-8-16-23(29)17(9-6-14(3)4)25-22(24(16)30)20(28)12-21(31-25)15-7-10-18(26)19(27)11-15/h5-7,10-11,21,26-27,29-30H,8-9,12H2,1-4H3/t21-/m0/s1. The van der Waals surface area contributed by atoms with E-state index in [1.54, 1.807) is 6.07 Å². The van der Waals surface area contributed by atoms with Crippen LogP contribution >= 0.6 is 0 Å². The largest absolute Gasteiger partial charge is 0.507 e. The number of rotatable bonds is 5. The zero-order valence-electron chi connectivity index (χ0n) is 18.2. The van der Waals surface area contributed by atoms with Gasteiger partial charge in [-0.15, -0.1) is 0 Å². The minimum Gasteiger partial charge on any atom is -0.507 e. The van der Waals surface area contributed by atoms with Crippen LogP contribution in [0, 0.1) is 0 Å². The number of Topliss-reactive ketones (excluding diaryl/α,β-unsaturated/α-hetero) is 1. The second-order valence-corrected chi connectivity index (χ2v) is 8.31. The van der Waals surface area contributed by atoms with Crippen molar-refractivity contribution in [2.24, 2.45) is 0 Å². The molecule has 2 aromatic rings. The molecule has 1 heterocycles. The van der Waals surface area contributed by atoms with E-state index in [0.29, 0.717) is 23.1 Å². The summed E-state index contributed by atoms with van der Waals surface area (Å²) in [5.74, 6) is -1.09. The molecule has 0 saturated heterocycles.